The van der Waals surface area contributed by atoms with Gasteiger partial charge in [-0.3, -0.25) is 4.99 Å². The summed E-state index contributed by atoms with van der Waals surface area (Å²) in [4.78, 5) is 10.2. The predicted octanol–water partition coefficient (Wildman–Crippen LogP) is 4.21. The molecular weight excluding hydrogens is 372 g/mol. The molecule has 1 unspecified atom stereocenters. The highest BCUT2D eigenvalue weighted by atomic mass is 16.5. The number of rotatable bonds is 8. The molecule has 1 aromatic heterocycles. The smallest absolute Gasteiger partial charge is 0.193 e. The van der Waals surface area contributed by atoms with E-state index in [1.54, 1.807) is 0 Å². The summed E-state index contributed by atoms with van der Waals surface area (Å²) >= 11 is 0. The fourth-order valence-electron chi connectivity index (χ4n) is 4.23. The van der Waals surface area contributed by atoms with Gasteiger partial charge in [-0.15, -0.1) is 0 Å². The molecule has 1 aliphatic heterocycles. The number of benzene rings is 2. The van der Waals surface area contributed by atoms with E-state index in [9.17, 15) is 0 Å². The maximum Gasteiger partial charge on any atom is 0.193 e. The van der Waals surface area contributed by atoms with Crippen molar-refractivity contribution in [1.29, 1.82) is 0 Å². The molecule has 1 fully saturated rings. The van der Waals surface area contributed by atoms with Crippen LogP contribution in [0.1, 0.15) is 24.0 Å². The Morgan fingerprint density at radius 2 is 2.00 bits per heavy atom. The maximum absolute atomic E-state index is 5.95. The second-order valence-electron chi connectivity index (χ2n) is 8.04. The Labute approximate surface area is 179 Å². The molecule has 30 heavy (non-hydrogen) atoms. The molecule has 0 aliphatic carbocycles. The molecule has 0 amide bonds. The van der Waals surface area contributed by atoms with Gasteiger partial charge in [-0.1, -0.05) is 48.5 Å². The number of hydrogen-bond donors (Lipinski definition) is 2. The number of aromatic nitrogens is 1. The van der Waals surface area contributed by atoms with E-state index >= 15 is 0 Å². The van der Waals surface area contributed by atoms with Crippen LogP contribution < -0.4 is 5.32 Å². The molecule has 5 nitrogen and oxygen atoms in total. The maximum atomic E-state index is 5.95. The number of ether oxygens (including phenoxy) is 1. The lowest BCUT2D eigenvalue weighted by atomic mass is 10.1. The van der Waals surface area contributed by atoms with Gasteiger partial charge in [0.2, 0.25) is 0 Å². The van der Waals surface area contributed by atoms with Crippen LogP contribution in [-0.4, -0.2) is 49.1 Å². The monoisotopic (exact) mass is 404 g/mol. The van der Waals surface area contributed by atoms with Crippen LogP contribution >= 0.6 is 0 Å². The number of fused-ring (bicyclic) bond motifs is 1. The summed E-state index contributed by atoms with van der Waals surface area (Å²) in [5, 5.41) is 4.88. The van der Waals surface area contributed by atoms with E-state index in [-0.39, 0.29) is 0 Å². The lowest BCUT2D eigenvalue weighted by molar-refractivity contribution is 0.0907. The molecule has 2 N–H and O–H groups in total. The van der Waals surface area contributed by atoms with Crippen molar-refractivity contribution in [3.8, 4) is 0 Å². The van der Waals surface area contributed by atoms with Gasteiger partial charge in [0.05, 0.1) is 13.2 Å². The minimum Gasteiger partial charge on any atom is -0.376 e. The number of para-hydroxylation sites is 1. The first kappa shape index (κ1) is 20.5. The van der Waals surface area contributed by atoms with Gasteiger partial charge in [0.15, 0.2) is 5.96 Å². The molecule has 1 atom stereocenters. The molecule has 0 radical (unpaired) electrons. The molecule has 5 heteroatoms. The van der Waals surface area contributed by atoms with Crippen LogP contribution in [0.4, 0.5) is 0 Å². The minimum absolute atomic E-state index is 0.568. The fourth-order valence-corrected chi connectivity index (χ4v) is 4.23. The first-order valence-electron chi connectivity index (χ1n) is 11.0. The van der Waals surface area contributed by atoms with Crippen LogP contribution in [-0.2, 0) is 17.8 Å². The normalized spacial score (nSPS) is 17.0. The molecule has 0 saturated carbocycles. The van der Waals surface area contributed by atoms with Crippen LogP contribution in [0, 0.1) is 5.92 Å². The van der Waals surface area contributed by atoms with Crippen molar-refractivity contribution in [2.24, 2.45) is 10.9 Å². The van der Waals surface area contributed by atoms with E-state index in [1.807, 2.05) is 13.1 Å². The van der Waals surface area contributed by atoms with Crippen molar-refractivity contribution in [3.05, 3.63) is 71.9 Å². The summed E-state index contributed by atoms with van der Waals surface area (Å²) < 4.78 is 5.95. The zero-order valence-corrected chi connectivity index (χ0v) is 17.8. The first-order valence-corrected chi connectivity index (χ1v) is 11.0. The van der Waals surface area contributed by atoms with Crippen molar-refractivity contribution in [2.75, 3.05) is 33.3 Å². The Kier molecular flexibility index (Phi) is 7.03. The minimum atomic E-state index is 0.568. The van der Waals surface area contributed by atoms with E-state index in [4.69, 9.17) is 4.74 Å². The standard InChI is InChI=1S/C25H32N4O/c1-26-25(27-14-7-10-22-16-28-24-12-6-5-11-23(22)24)29-15-13-21(17-29)19-30-18-20-8-3-2-4-9-20/h2-6,8-9,11-12,16,21,28H,7,10,13-15,17-19H2,1H3,(H,26,27). The molecule has 1 aliphatic rings. The molecule has 0 spiro atoms. The van der Waals surface area contributed by atoms with Crippen molar-refractivity contribution in [1.82, 2.24) is 15.2 Å². The second-order valence-corrected chi connectivity index (χ2v) is 8.04. The van der Waals surface area contributed by atoms with Gasteiger partial charge >= 0.3 is 0 Å². The lowest BCUT2D eigenvalue weighted by Crippen LogP contribution is -2.40. The van der Waals surface area contributed by atoms with E-state index in [1.165, 1.54) is 22.0 Å². The topological polar surface area (TPSA) is 52.7 Å². The van der Waals surface area contributed by atoms with Crippen molar-refractivity contribution < 1.29 is 4.74 Å². The Hall–Kier alpha value is -2.79. The van der Waals surface area contributed by atoms with E-state index in [0.717, 1.165) is 51.5 Å². The van der Waals surface area contributed by atoms with E-state index < -0.39 is 0 Å². The lowest BCUT2D eigenvalue weighted by Gasteiger charge is -2.21. The summed E-state index contributed by atoms with van der Waals surface area (Å²) in [7, 11) is 1.88. The molecule has 2 heterocycles. The number of aryl methyl sites for hydroxylation is 1. The number of nitrogens with zero attached hydrogens (tertiary/aromatic N) is 2. The molecule has 0 bridgehead atoms. The van der Waals surface area contributed by atoms with Gasteiger partial charge < -0.3 is 19.9 Å². The average molecular weight is 405 g/mol. The molecule has 2 aromatic carbocycles. The zero-order chi connectivity index (χ0) is 20.6. The third-order valence-electron chi connectivity index (χ3n) is 5.84. The van der Waals surface area contributed by atoms with Gasteiger partial charge in [0.25, 0.3) is 0 Å². The third kappa shape index (κ3) is 5.22. The SMILES string of the molecule is CN=C(NCCCc1c[nH]c2ccccc12)N1CCC(COCc2ccccc2)C1. The number of nitrogens with one attached hydrogen (secondary N) is 2. The predicted molar refractivity (Wildman–Crippen MR) is 124 cm³/mol. The summed E-state index contributed by atoms with van der Waals surface area (Å²) in [6.07, 6.45) is 5.44. The summed E-state index contributed by atoms with van der Waals surface area (Å²) in [6, 6.07) is 18.9. The third-order valence-corrected chi connectivity index (χ3v) is 5.84. The van der Waals surface area contributed by atoms with Crippen LogP contribution in [0.25, 0.3) is 10.9 Å². The van der Waals surface area contributed by atoms with Crippen LogP contribution in [0.5, 0.6) is 0 Å². The number of likely N-dealkylation sites (tertiary alicyclic amines) is 1. The molecule has 3 aromatic rings. The summed E-state index contributed by atoms with van der Waals surface area (Å²) in [6.45, 7) is 4.48. The molecular formula is C25H32N4O. The zero-order valence-electron chi connectivity index (χ0n) is 17.8. The van der Waals surface area contributed by atoms with Crippen LogP contribution in [0.2, 0.25) is 0 Å². The Bertz CT molecular complexity index is 950. The van der Waals surface area contributed by atoms with Crippen molar-refractivity contribution in [3.63, 3.8) is 0 Å². The van der Waals surface area contributed by atoms with Crippen LogP contribution in [0.15, 0.2) is 65.8 Å². The molecule has 4 rings (SSSR count). The van der Waals surface area contributed by atoms with E-state index in [2.05, 4.69) is 74.9 Å². The summed E-state index contributed by atoms with van der Waals surface area (Å²) in [5.74, 6) is 1.58. The number of guanidine groups is 1. The number of H-pyrrole nitrogens is 1. The number of aromatic amines is 1. The fraction of sp³-hybridized carbons (Fsp3) is 0.400. The van der Waals surface area contributed by atoms with E-state index in [0.29, 0.717) is 12.5 Å². The molecule has 1 saturated heterocycles. The second kappa shape index (κ2) is 10.3. The van der Waals surface area contributed by atoms with Crippen molar-refractivity contribution >= 4 is 16.9 Å². The summed E-state index contributed by atoms with van der Waals surface area (Å²) in [5.41, 5.74) is 3.84. The largest absolute Gasteiger partial charge is 0.376 e. The quantitative estimate of drug-likeness (QED) is 0.336. The Balaban J connectivity index is 1.17. The number of aliphatic imine (C=N–C) groups is 1. The highest BCUT2D eigenvalue weighted by Gasteiger charge is 2.24. The van der Waals surface area contributed by atoms with Gasteiger partial charge in [-0.05, 0) is 36.5 Å². The van der Waals surface area contributed by atoms with Crippen LogP contribution in [0.3, 0.4) is 0 Å². The van der Waals surface area contributed by atoms with Crippen molar-refractivity contribution in [2.45, 2.75) is 25.9 Å². The highest BCUT2D eigenvalue weighted by molar-refractivity contribution is 5.83. The first-order chi connectivity index (χ1) is 14.8. The van der Waals surface area contributed by atoms with Gasteiger partial charge in [0.1, 0.15) is 0 Å². The number of hydrogen-bond acceptors (Lipinski definition) is 2. The van der Waals surface area contributed by atoms with Gasteiger partial charge in [-0.2, -0.15) is 0 Å². The average Bonchev–Trinajstić information content (AvgIpc) is 3.42. The highest BCUT2D eigenvalue weighted by Crippen LogP contribution is 2.19. The Morgan fingerprint density at radius 1 is 1.17 bits per heavy atom. The van der Waals surface area contributed by atoms with Gasteiger partial charge in [-0.25, -0.2) is 0 Å². The van der Waals surface area contributed by atoms with Gasteiger partial charge in [0, 0.05) is 49.7 Å². The Morgan fingerprint density at radius 3 is 2.87 bits per heavy atom. The molecule has 158 valence electrons.